The number of nitro groups is 1. The lowest BCUT2D eigenvalue weighted by Crippen LogP contribution is -2.06. The maximum Gasteiger partial charge on any atom is 0.416 e. The molecule has 0 saturated heterocycles. The molecule has 106 valence electrons. The minimum Gasteiger partial charge on any atom is -0.258 e. The Kier molecular flexibility index (Phi) is 3.63. The van der Waals surface area contributed by atoms with Crippen molar-refractivity contribution >= 4 is 5.69 Å². The number of hydrogen-bond acceptors (Lipinski definition) is 3. The van der Waals surface area contributed by atoms with E-state index < -0.39 is 22.4 Å². The van der Waals surface area contributed by atoms with Crippen LogP contribution in [-0.2, 0) is 6.18 Å². The van der Waals surface area contributed by atoms with Crippen molar-refractivity contribution in [1.29, 1.82) is 5.26 Å². The average molecular weight is 292 g/mol. The molecule has 0 saturated carbocycles. The molecule has 2 rings (SSSR count). The van der Waals surface area contributed by atoms with Crippen LogP contribution in [0.1, 0.15) is 11.1 Å². The molecule has 0 fully saturated rings. The number of benzene rings is 2. The van der Waals surface area contributed by atoms with Crippen molar-refractivity contribution in [2.45, 2.75) is 6.18 Å². The van der Waals surface area contributed by atoms with Crippen LogP contribution in [0.15, 0.2) is 42.5 Å². The highest BCUT2D eigenvalue weighted by Crippen LogP contribution is 2.35. The monoisotopic (exact) mass is 292 g/mol. The van der Waals surface area contributed by atoms with Crippen LogP contribution in [-0.4, -0.2) is 4.92 Å². The number of nitriles is 1. The maximum atomic E-state index is 12.8. The third-order valence-corrected chi connectivity index (χ3v) is 2.80. The minimum absolute atomic E-state index is 0.0704. The van der Waals surface area contributed by atoms with E-state index in [9.17, 15) is 23.3 Å². The molecule has 0 heterocycles. The molecule has 2 aromatic rings. The van der Waals surface area contributed by atoms with Crippen molar-refractivity contribution in [3.05, 3.63) is 63.7 Å². The van der Waals surface area contributed by atoms with E-state index >= 15 is 0 Å². The van der Waals surface area contributed by atoms with Gasteiger partial charge in [-0.05, 0) is 29.3 Å². The first kappa shape index (κ1) is 14.5. The molecule has 0 atom stereocenters. The van der Waals surface area contributed by atoms with Gasteiger partial charge in [0.15, 0.2) is 0 Å². The Morgan fingerprint density at radius 1 is 1.05 bits per heavy atom. The molecule has 0 aliphatic rings. The normalized spacial score (nSPS) is 11.0. The van der Waals surface area contributed by atoms with Crippen molar-refractivity contribution in [1.82, 2.24) is 0 Å². The van der Waals surface area contributed by atoms with Crippen molar-refractivity contribution in [3.63, 3.8) is 0 Å². The molecule has 0 aliphatic carbocycles. The van der Waals surface area contributed by atoms with Gasteiger partial charge < -0.3 is 0 Å². The number of nitro benzene ring substituents is 1. The molecule has 2 aromatic carbocycles. The fraction of sp³-hybridized carbons (Fsp3) is 0.0714. The summed E-state index contributed by atoms with van der Waals surface area (Å²) >= 11 is 0. The summed E-state index contributed by atoms with van der Waals surface area (Å²) < 4.78 is 38.3. The van der Waals surface area contributed by atoms with Crippen LogP contribution < -0.4 is 0 Å². The van der Waals surface area contributed by atoms with Crippen LogP contribution in [0.4, 0.5) is 18.9 Å². The van der Waals surface area contributed by atoms with Gasteiger partial charge in [-0.25, -0.2) is 0 Å². The minimum atomic E-state index is -4.67. The molecule has 21 heavy (non-hydrogen) atoms. The third-order valence-electron chi connectivity index (χ3n) is 2.80. The van der Waals surface area contributed by atoms with Crippen molar-refractivity contribution in [3.8, 4) is 17.2 Å². The van der Waals surface area contributed by atoms with Crippen LogP contribution >= 0.6 is 0 Å². The predicted octanol–water partition coefficient (Wildman–Crippen LogP) is 4.15. The molecular weight excluding hydrogens is 285 g/mol. The lowest BCUT2D eigenvalue weighted by atomic mass is 10.0. The number of rotatable bonds is 2. The second-order valence-electron chi connectivity index (χ2n) is 4.21. The fourth-order valence-electron chi connectivity index (χ4n) is 1.78. The van der Waals surface area contributed by atoms with Crippen molar-refractivity contribution < 1.29 is 18.1 Å². The van der Waals surface area contributed by atoms with Gasteiger partial charge in [0.05, 0.1) is 22.1 Å². The molecule has 0 amide bonds. The second-order valence-corrected chi connectivity index (χ2v) is 4.21. The first-order valence-electron chi connectivity index (χ1n) is 5.68. The van der Waals surface area contributed by atoms with Crippen LogP contribution in [0.25, 0.3) is 11.1 Å². The molecule has 0 N–H and O–H groups in total. The molecule has 4 nitrogen and oxygen atoms in total. The first-order chi connectivity index (χ1) is 9.81. The number of halogens is 3. The first-order valence-corrected chi connectivity index (χ1v) is 5.68. The van der Waals surface area contributed by atoms with E-state index in [0.717, 1.165) is 12.1 Å². The van der Waals surface area contributed by atoms with Crippen molar-refractivity contribution in [2.24, 2.45) is 0 Å². The second kappa shape index (κ2) is 5.25. The molecule has 0 spiro atoms. The molecule has 0 aromatic heterocycles. The van der Waals surface area contributed by atoms with E-state index in [1.807, 2.05) is 6.07 Å². The van der Waals surface area contributed by atoms with E-state index in [2.05, 4.69) is 0 Å². The zero-order valence-electron chi connectivity index (χ0n) is 10.4. The molecule has 0 unspecified atom stereocenters. The molecule has 0 bridgehead atoms. The van der Waals surface area contributed by atoms with Gasteiger partial charge in [-0.1, -0.05) is 12.1 Å². The Morgan fingerprint density at radius 3 is 2.14 bits per heavy atom. The average Bonchev–Trinajstić information content (AvgIpc) is 2.46. The lowest BCUT2D eigenvalue weighted by Gasteiger charge is -2.09. The van der Waals surface area contributed by atoms with E-state index in [-0.39, 0.29) is 5.56 Å². The van der Waals surface area contributed by atoms with Gasteiger partial charge in [0.2, 0.25) is 0 Å². The van der Waals surface area contributed by atoms with Gasteiger partial charge in [0.25, 0.3) is 5.69 Å². The van der Waals surface area contributed by atoms with Gasteiger partial charge >= 0.3 is 6.18 Å². The largest absolute Gasteiger partial charge is 0.416 e. The summed E-state index contributed by atoms with van der Waals surface area (Å²) in [6, 6.07) is 10.0. The smallest absolute Gasteiger partial charge is 0.258 e. The van der Waals surface area contributed by atoms with Gasteiger partial charge in [-0.3, -0.25) is 10.1 Å². The molecular formula is C14H7F3N2O2. The number of nitrogens with zero attached hydrogens (tertiary/aromatic N) is 2. The topological polar surface area (TPSA) is 66.9 Å². The highest BCUT2D eigenvalue weighted by molar-refractivity contribution is 5.68. The SMILES string of the molecule is N#Cc1ccc(-c2cc([N+](=O)[O-])cc(C(F)(F)F)c2)cc1. The van der Waals surface area contributed by atoms with E-state index in [0.29, 0.717) is 17.2 Å². The zero-order valence-corrected chi connectivity index (χ0v) is 10.4. The van der Waals surface area contributed by atoms with Crippen LogP contribution in [0.3, 0.4) is 0 Å². The summed E-state index contributed by atoms with van der Waals surface area (Å²) in [5.41, 5.74) is -0.940. The van der Waals surface area contributed by atoms with Crippen LogP contribution in [0, 0.1) is 21.4 Å². The van der Waals surface area contributed by atoms with Crippen LogP contribution in [0.2, 0.25) is 0 Å². The molecule has 0 radical (unpaired) electrons. The van der Waals surface area contributed by atoms with E-state index in [1.54, 1.807) is 0 Å². The van der Waals surface area contributed by atoms with Gasteiger partial charge in [-0.2, -0.15) is 18.4 Å². The number of alkyl halides is 3. The Labute approximate surface area is 117 Å². The quantitative estimate of drug-likeness (QED) is 0.616. The Balaban J connectivity index is 2.59. The Hall–Kier alpha value is -2.88. The van der Waals surface area contributed by atoms with Gasteiger partial charge in [0, 0.05) is 12.1 Å². The zero-order chi connectivity index (χ0) is 15.6. The third kappa shape index (κ3) is 3.17. The standard InChI is InChI=1S/C14H7F3N2O2/c15-14(16,17)12-5-11(6-13(7-12)19(20)21)10-3-1-9(8-18)2-4-10/h1-7H. The van der Waals surface area contributed by atoms with Gasteiger partial charge in [0.1, 0.15) is 0 Å². The number of hydrogen-bond donors (Lipinski definition) is 0. The Morgan fingerprint density at radius 2 is 1.67 bits per heavy atom. The van der Waals surface area contributed by atoms with E-state index in [1.165, 1.54) is 24.3 Å². The predicted molar refractivity (Wildman–Crippen MR) is 68.2 cm³/mol. The summed E-state index contributed by atoms with van der Waals surface area (Å²) in [4.78, 5) is 9.89. The van der Waals surface area contributed by atoms with Gasteiger partial charge in [-0.15, -0.1) is 0 Å². The lowest BCUT2D eigenvalue weighted by molar-refractivity contribution is -0.385. The fourth-order valence-corrected chi connectivity index (χ4v) is 1.78. The summed E-state index contributed by atoms with van der Waals surface area (Å²) in [5, 5.41) is 19.4. The summed E-state index contributed by atoms with van der Waals surface area (Å²) in [7, 11) is 0. The highest BCUT2D eigenvalue weighted by atomic mass is 19.4. The molecule has 0 aliphatic heterocycles. The highest BCUT2D eigenvalue weighted by Gasteiger charge is 2.32. The van der Waals surface area contributed by atoms with Crippen LogP contribution in [0.5, 0.6) is 0 Å². The summed E-state index contributed by atoms with van der Waals surface area (Å²) in [6.45, 7) is 0. The maximum absolute atomic E-state index is 12.8. The Bertz CT molecular complexity index is 731. The van der Waals surface area contributed by atoms with E-state index in [4.69, 9.17) is 5.26 Å². The summed E-state index contributed by atoms with van der Waals surface area (Å²) in [5.74, 6) is 0. The summed E-state index contributed by atoms with van der Waals surface area (Å²) in [6.07, 6.45) is -4.67. The number of non-ortho nitro benzene ring substituents is 1. The van der Waals surface area contributed by atoms with Crippen molar-refractivity contribution in [2.75, 3.05) is 0 Å². The molecule has 7 heteroatoms.